The van der Waals surface area contributed by atoms with Crippen molar-refractivity contribution in [1.82, 2.24) is 5.32 Å². The van der Waals surface area contributed by atoms with E-state index in [0.29, 0.717) is 11.9 Å². The zero-order chi connectivity index (χ0) is 11.8. The molecule has 3 nitrogen and oxygen atoms in total. The van der Waals surface area contributed by atoms with Gasteiger partial charge in [0, 0.05) is 13.2 Å². The highest BCUT2D eigenvalue weighted by Gasteiger charge is 1.95. The van der Waals surface area contributed by atoms with Crippen LogP contribution >= 0.6 is 0 Å². The first-order valence-corrected chi connectivity index (χ1v) is 5.78. The number of ether oxygens (including phenoxy) is 1. The smallest absolute Gasteiger partial charge is 0.115 e. The lowest BCUT2D eigenvalue weighted by atomic mass is 10.2. The van der Waals surface area contributed by atoms with E-state index in [-0.39, 0.29) is 0 Å². The van der Waals surface area contributed by atoms with E-state index in [1.807, 2.05) is 26.0 Å². The molecule has 1 aromatic carbocycles. The van der Waals surface area contributed by atoms with Gasteiger partial charge in [-0.1, -0.05) is 12.1 Å². The van der Waals surface area contributed by atoms with Gasteiger partial charge >= 0.3 is 0 Å². The van der Waals surface area contributed by atoms with Gasteiger partial charge in [-0.25, -0.2) is 0 Å². The Bertz CT molecular complexity index is 300. The largest absolute Gasteiger partial charge is 0.508 e. The highest BCUT2D eigenvalue weighted by Crippen LogP contribution is 2.10. The molecule has 0 atom stereocenters. The summed E-state index contributed by atoms with van der Waals surface area (Å²) in [6.07, 6.45) is 1.32. The van der Waals surface area contributed by atoms with Crippen molar-refractivity contribution < 1.29 is 9.84 Å². The van der Waals surface area contributed by atoms with Gasteiger partial charge in [0.2, 0.25) is 0 Å². The van der Waals surface area contributed by atoms with E-state index in [9.17, 15) is 5.11 Å². The molecule has 0 saturated heterocycles. The average Bonchev–Trinajstić information content (AvgIpc) is 2.23. The summed E-state index contributed by atoms with van der Waals surface area (Å²) in [5, 5.41) is 12.6. The number of aromatic hydroxyl groups is 1. The van der Waals surface area contributed by atoms with Crippen molar-refractivity contribution in [3.05, 3.63) is 29.8 Å². The highest BCUT2D eigenvalue weighted by molar-refractivity contribution is 5.26. The molecule has 90 valence electrons. The second kappa shape index (κ2) is 7.25. The van der Waals surface area contributed by atoms with Crippen molar-refractivity contribution in [2.24, 2.45) is 0 Å². The minimum Gasteiger partial charge on any atom is -0.508 e. The van der Waals surface area contributed by atoms with Gasteiger partial charge in [0.25, 0.3) is 0 Å². The molecule has 3 heteroatoms. The van der Waals surface area contributed by atoms with Crippen molar-refractivity contribution in [2.45, 2.75) is 32.9 Å². The first kappa shape index (κ1) is 13.0. The topological polar surface area (TPSA) is 41.5 Å². The molecule has 0 aromatic heterocycles. The highest BCUT2D eigenvalue weighted by atomic mass is 16.5. The van der Waals surface area contributed by atoms with Gasteiger partial charge in [-0.2, -0.15) is 0 Å². The maximum absolute atomic E-state index is 9.27. The molecule has 0 fully saturated rings. The van der Waals surface area contributed by atoms with Gasteiger partial charge in [0.1, 0.15) is 5.75 Å². The number of phenols is 1. The molecule has 0 unspecified atom stereocenters. The van der Waals surface area contributed by atoms with Crippen molar-refractivity contribution in [3.63, 3.8) is 0 Å². The third-order valence-corrected chi connectivity index (χ3v) is 2.19. The van der Waals surface area contributed by atoms with Gasteiger partial charge in [-0.15, -0.1) is 0 Å². The van der Waals surface area contributed by atoms with Crippen molar-refractivity contribution in [1.29, 1.82) is 0 Å². The number of hydrogen-bond acceptors (Lipinski definition) is 3. The van der Waals surface area contributed by atoms with E-state index >= 15 is 0 Å². The Morgan fingerprint density at radius 3 is 2.88 bits per heavy atom. The Kier molecular flexibility index (Phi) is 5.90. The van der Waals surface area contributed by atoms with Crippen LogP contribution in [-0.4, -0.2) is 24.4 Å². The maximum Gasteiger partial charge on any atom is 0.115 e. The van der Waals surface area contributed by atoms with Crippen molar-refractivity contribution in [3.8, 4) is 5.75 Å². The van der Waals surface area contributed by atoms with Gasteiger partial charge in [0.05, 0.1) is 6.10 Å². The molecule has 0 saturated carbocycles. The third kappa shape index (κ3) is 5.73. The summed E-state index contributed by atoms with van der Waals surface area (Å²) in [4.78, 5) is 0. The van der Waals surface area contributed by atoms with Crippen LogP contribution in [0.25, 0.3) is 0 Å². The Hall–Kier alpha value is -1.06. The van der Waals surface area contributed by atoms with Crippen LogP contribution in [0.1, 0.15) is 25.8 Å². The van der Waals surface area contributed by atoms with E-state index in [2.05, 4.69) is 5.32 Å². The summed E-state index contributed by atoms with van der Waals surface area (Å²) in [7, 11) is 0. The Morgan fingerprint density at radius 1 is 1.38 bits per heavy atom. The fraction of sp³-hybridized carbons (Fsp3) is 0.538. The van der Waals surface area contributed by atoms with Crippen molar-refractivity contribution in [2.75, 3.05) is 13.2 Å². The van der Waals surface area contributed by atoms with Crippen LogP contribution in [0.15, 0.2) is 24.3 Å². The lowest BCUT2D eigenvalue weighted by Gasteiger charge is -2.08. The van der Waals surface area contributed by atoms with Gasteiger partial charge in [0.15, 0.2) is 0 Å². The Balaban J connectivity index is 2.07. The maximum atomic E-state index is 9.27. The molecule has 0 bridgehead atoms. The molecule has 0 radical (unpaired) electrons. The van der Waals surface area contributed by atoms with E-state index < -0.39 is 0 Å². The molecule has 2 N–H and O–H groups in total. The molecule has 16 heavy (non-hydrogen) atoms. The molecule has 0 amide bonds. The zero-order valence-corrected chi connectivity index (χ0v) is 10.1. The van der Waals surface area contributed by atoms with Crippen LogP contribution in [0, 0.1) is 0 Å². The molecule has 0 spiro atoms. The number of rotatable bonds is 7. The summed E-state index contributed by atoms with van der Waals surface area (Å²) in [5.74, 6) is 0.322. The lowest BCUT2D eigenvalue weighted by Crippen LogP contribution is -2.17. The van der Waals surface area contributed by atoms with Crippen LogP contribution in [0.2, 0.25) is 0 Å². The molecular weight excluding hydrogens is 202 g/mol. The molecule has 0 aliphatic carbocycles. The van der Waals surface area contributed by atoms with Gasteiger partial charge in [-0.05, 0) is 44.5 Å². The predicted molar refractivity (Wildman–Crippen MR) is 65.5 cm³/mol. The van der Waals surface area contributed by atoms with E-state index in [1.54, 1.807) is 12.1 Å². The molecule has 0 heterocycles. The minimum absolute atomic E-state index is 0.311. The standard InChI is InChI=1S/C13H21NO2/c1-11(2)16-8-4-7-14-10-12-5-3-6-13(15)9-12/h3,5-6,9,11,14-15H,4,7-8,10H2,1-2H3. The number of benzene rings is 1. The third-order valence-electron chi connectivity index (χ3n) is 2.19. The van der Waals surface area contributed by atoms with Gasteiger partial charge in [-0.3, -0.25) is 0 Å². The molecule has 0 aliphatic rings. The van der Waals surface area contributed by atoms with E-state index in [0.717, 1.165) is 31.7 Å². The summed E-state index contributed by atoms with van der Waals surface area (Å²) in [6.45, 7) is 6.60. The lowest BCUT2D eigenvalue weighted by molar-refractivity contribution is 0.0770. The first-order valence-electron chi connectivity index (χ1n) is 5.78. The summed E-state index contributed by atoms with van der Waals surface area (Å²) < 4.78 is 5.43. The fourth-order valence-corrected chi connectivity index (χ4v) is 1.42. The number of hydrogen-bond donors (Lipinski definition) is 2. The quantitative estimate of drug-likeness (QED) is 0.697. The van der Waals surface area contributed by atoms with E-state index in [4.69, 9.17) is 4.74 Å². The SMILES string of the molecule is CC(C)OCCCNCc1cccc(O)c1. The summed E-state index contributed by atoms with van der Waals surface area (Å²) in [6, 6.07) is 7.31. The van der Waals surface area contributed by atoms with Crippen LogP contribution < -0.4 is 5.32 Å². The fourth-order valence-electron chi connectivity index (χ4n) is 1.42. The molecule has 1 aromatic rings. The van der Waals surface area contributed by atoms with Crippen LogP contribution in [-0.2, 0) is 11.3 Å². The Labute approximate surface area is 97.4 Å². The normalized spacial score (nSPS) is 10.9. The van der Waals surface area contributed by atoms with E-state index in [1.165, 1.54) is 0 Å². The predicted octanol–water partition coefficient (Wildman–Crippen LogP) is 2.30. The minimum atomic E-state index is 0.311. The summed E-state index contributed by atoms with van der Waals surface area (Å²) >= 11 is 0. The van der Waals surface area contributed by atoms with Crippen LogP contribution in [0.4, 0.5) is 0 Å². The number of phenolic OH excluding ortho intramolecular Hbond substituents is 1. The number of nitrogens with one attached hydrogen (secondary N) is 1. The monoisotopic (exact) mass is 223 g/mol. The van der Waals surface area contributed by atoms with Gasteiger partial charge < -0.3 is 15.2 Å². The van der Waals surface area contributed by atoms with Crippen LogP contribution in [0.3, 0.4) is 0 Å². The average molecular weight is 223 g/mol. The second-order valence-electron chi connectivity index (χ2n) is 4.12. The molecular formula is C13H21NO2. The zero-order valence-electron chi connectivity index (χ0n) is 10.1. The summed E-state index contributed by atoms with van der Waals surface area (Å²) in [5.41, 5.74) is 1.10. The molecule has 0 aliphatic heterocycles. The Morgan fingerprint density at radius 2 is 2.19 bits per heavy atom. The van der Waals surface area contributed by atoms with Crippen molar-refractivity contribution >= 4 is 0 Å². The molecule has 1 rings (SSSR count). The second-order valence-corrected chi connectivity index (χ2v) is 4.12. The van der Waals surface area contributed by atoms with Crippen LogP contribution in [0.5, 0.6) is 5.75 Å². The first-order chi connectivity index (χ1) is 7.68.